The van der Waals surface area contributed by atoms with E-state index in [1.165, 1.54) is 0 Å². The van der Waals surface area contributed by atoms with Crippen molar-refractivity contribution in [1.82, 2.24) is 0 Å². The second-order valence-corrected chi connectivity index (χ2v) is 9.96. The Kier molecular flexibility index (Phi) is 33.9. The summed E-state index contributed by atoms with van der Waals surface area (Å²) >= 11 is 0. The Bertz CT molecular complexity index is 125. The van der Waals surface area contributed by atoms with E-state index in [4.69, 9.17) is 0 Å². The Labute approximate surface area is 125 Å². The van der Waals surface area contributed by atoms with E-state index in [9.17, 15) is 0 Å². The van der Waals surface area contributed by atoms with Gasteiger partial charge in [0.1, 0.15) is 0 Å². The van der Waals surface area contributed by atoms with Crippen molar-refractivity contribution in [3.8, 4) is 0 Å². The molecule has 0 aliphatic rings. The number of halogens is 1. The second-order valence-electron chi connectivity index (χ2n) is 3.96. The standard InChI is InChI=1S/C5H5.2C3H9Si.ClH.Zr/c1-2-4-5-3-1;2*1-4(2)3;;/h1-5H;2*1-3H3;1H;/q-1;;;;+2/p-1. The maximum atomic E-state index is 2.27. The van der Waals surface area contributed by atoms with Crippen molar-refractivity contribution < 1.29 is 38.6 Å². The van der Waals surface area contributed by atoms with Crippen molar-refractivity contribution in [3.63, 3.8) is 0 Å². The van der Waals surface area contributed by atoms with Crippen LogP contribution in [0.1, 0.15) is 0 Å². The van der Waals surface area contributed by atoms with Crippen LogP contribution in [0.3, 0.4) is 0 Å². The molecule has 0 fully saturated rings. The van der Waals surface area contributed by atoms with E-state index in [0.717, 1.165) is 0 Å². The predicted molar refractivity (Wildman–Crippen MR) is 68.7 cm³/mol. The largest absolute Gasteiger partial charge is 2.00 e. The second kappa shape index (κ2) is 20.4. The van der Waals surface area contributed by atoms with Gasteiger partial charge in [0, 0.05) is 17.6 Å². The van der Waals surface area contributed by atoms with Gasteiger partial charge in [-0.05, 0) is 0 Å². The molecule has 0 bridgehead atoms. The number of hydrogen-bond donors (Lipinski definition) is 0. The quantitative estimate of drug-likeness (QED) is 0.492. The van der Waals surface area contributed by atoms with Crippen molar-refractivity contribution in [2.75, 3.05) is 0 Å². The van der Waals surface area contributed by atoms with Gasteiger partial charge in [-0.3, -0.25) is 0 Å². The zero-order chi connectivity index (χ0) is 10.7. The Morgan fingerprint density at radius 3 is 1.00 bits per heavy atom. The monoisotopic (exact) mass is 336 g/mol. The Balaban J connectivity index is -0.0000000575. The molecule has 0 amide bonds. The van der Waals surface area contributed by atoms with E-state index >= 15 is 0 Å². The van der Waals surface area contributed by atoms with Gasteiger partial charge in [0.2, 0.25) is 0 Å². The third kappa shape index (κ3) is 70.8. The summed E-state index contributed by atoms with van der Waals surface area (Å²) in [4.78, 5) is 0. The Morgan fingerprint density at radius 1 is 0.733 bits per heavy atom. The summed E-state index contributed by atoms with van der Waals surface area (Å²) in [7, 11) is 0.241. The SMILES string of the molecule is C[Si](C)C.C[Si](C)C.[Cl-].[Zr+2].c1cc[cH-]c1. The van der Waals surface area contributed by atoms with Gasteiger partial charge in [0.25, 0.3) is 0 Å². The molecule has 0 unspecified atom stereocenters. The van der Waals surface area contributed by atoms with Crippen LogP contribution in [0.2, 0.25) is 39.3 Å². The molecule has 15 heavy (non-hydrogen) atoms. The summed E-state index contributed by atoms with van der Waals surface area (Å²) in [6.45, 7) is 13.6. The predicted octanol–water partition coefficient (Wildman–Crippen LogP) is 1.15. The molecule has 0 saturated heterocycles. The van der Waals surface area contributed by atoms with Gasteiger partial charge in [-0.25, -0.2) is 12.1 Å². The molecule has 0 spiro atoms. The van der Waals surface area contributed by atoms with Crippen LogP contribution in [0.4, 0.5) is 0 Å². The molecule has 2 radical (unpaired) electrons. The molecular weight excluding hydrogens is 315 g/mol. The fourth-order valence-electron chi connectivity index (χ4n) is 0.321. The van der Waals surface area contributed by atoms with Crippen molar-refractivity contribution in [1.29, 1.82) is 0 Å². The molecule has 0 nitrogen and oxygen atoms in total. The Hall–Kier alpha value is 0.957. The Morgan fingerprint density at radius 2 is 0.933 bits per heavy atom. The first kappa shape index (κ1) is 25.0. The van der Waals surface area contributed by atoms with Crippen LogP contribution in [-0.2, 0) is 26.2 Å². The molecule has 0 heterocycles. The molecule has 1 rings (SSSR count). The van der Waals surface area contributed by atoms with Gasteiger partial charge in [0.15, 0.2) is 0 Å². The molecular formula is C11H23ClSi2Zr. The van der Waals surface area contributed by atoms with Crippen molar-refractivity contribution >= 4 is 17.6 Å². The molecule has 0 N–H and O–H groups in total. The summed E-state index contributed by atoms with van der Waals surface area (Å²) in [6, 6.07) is 10.0. The van der Waals surface area contributed by atoms with E-state index < -0.39 is 0 Å². The van der Waals surface area contributed by atoms with Gasteiger partial charge in [-0.2, -0.15) is 18.2 Å². The molecule has 0 aliphatic carbocycles. The summed E-state index contributed by atoms with van der Waals surface area (Å²) in [5.74, 6) is 0. The van der Waals surface area contributed by atoms with Crippen LogP contribution >= 0.6 is 0 Å². The molecule has 0 aromatic heterocycles. The van der Waals surface area contributed by atoms with Crippen LogP contribution in [0, 0.1) is 0 Å². The minimum absolute atomic E-state index is 0. The van der Waals surface area contributed by atoms with Crippen LogP contribution in [0.5, 0.6) is 0 Å². The van der Waals surface area contributed by atoms with E-state index in [-0.39, 0.29) is 56.2 Å². The fraction of sp³-hybridized carbons (Fsp3) is 0.545. The number of hydrogen-bond acceptors (Lipinski definition) is 0. The molecule has 0 saturated carbocycles. The van der Waals surface area contributed by atoms with Gasteiger partial charge in [-0.15, -0.1) is 0 Å². The molecule has 0 atom stereocenters. The van der Waals surface area contributed by atoms with Crippen LogP contribution in [-0.4, -0.2) is 17.6 Å². The zero-order valence-electron chi connectivity index (χ0n) is 10.8. The zero-order valence-corrected chi connectivity index (χ0v) is 16.0. The first-order valence-corrected chi connectivity index (χ1v) is 10.7. The first-order valence-electron chi connectivity index (χ1n) is 4.67. The average molecular weight is 338 g/mol. The third-order valence-electron chi connectivity index (χ3n) is 0.556. The van der Waals surface area contributed by atoms with Gasteiger partial charge >= 0.3 is 26.2 Å². The third-order valence-corrected chi connectivity index (χ3v) is 0.556. The molecule has 4 heteroatoms. The van der Waals surface area contributed by atoms with Crippen molar-refractivity contribution in [2.45, 2.75) is 39.3 Å². The number of rotatable bonds is 0. The van der Waals surface area contributed by atoms with Gasteiger partial charge < -0.3 is 12.4 Å². The maximum Gasteiger partial charge on any atom is 2.00 e. The van der Waals surface area contributed by atoms with Crippen LogP contribution < -0.4 is 12.4 Å². The minimum atomic E-state index is 0. The van der Waals surface area contributed by atoms with E-state index in [1.807, 2.05) is 30.3 Å². The smallest absolute Gasteiger partial charge is 1.00 e. The first-order chi connectivity index (χ1) is 5.96. The van der Waals surface area contributed by atoms with E-state index in [0.29, 0.717) is 0 Å². The molecule has 1 aromatic carbocycles. The summed E-state index contributed by atoms with van der Waals surface area (Å²) < 4.78 is 0. The van der Waals surface area contributed by atoms with E-state index in [2.05, 4.69) is 39.3 Å². The average Bonchev–Trinajstić information content (AvgIpc) is 2.35. The minimum Gasteiger partial charge on any atom is -1.00 e. The molecule has 0 aliphatic heterocycles. The van der Waals surface area contributed by atoms with Gasteiger partial charge in [0.05, 0.1) is 0 Å². The molecule has 86 valence electrons. The van der Waals surface area contributed by atoms with Crippen molar-refractivity contribution in [2.24, 2.45) is 0 Å². The maximum absolute atomic E-state index is 2.27. The van der Waals surface area contributed by atoms with Crippen molar-refractivity contribution in [3.05, 3.63) is 30.3 Å². The normalized spacial score (nSPS) is 7.47. The summed E-state index contributed by atoms with van der Waals surface area (Å²) in [5, 5.41) is 0. The topological polar surface area (TPSA) is 0 Å². The summed E-state index contributed by atoms with van der Waals surface area (Å²) in [5.41, 5.74) is 0. The van der Waals surface area contributed by atoms with Crippen LogP contribution in [0.25, 0.3) is 0 Å². The summed E-state index contributed by atoms with van der Waals surface area (Å²) in [6.07, 6.45) is 0. The molecule has 1 aromatic rings. The van der Waals surface area contributed by atoms with E-state index in [1.54, 1.807) is 0 Å². The fourth-order valence-corrected chi connectivity index (χ4v) is 0.321. The van der Waals surface area contributed by atoms with Crippen LogP contribution in [0.15, 0.2) is 30.3 Å². The van der Waals surface area contributed by atoms with Gasteiger partial charge in [-0.1, -0.05) is 39.3 Å².